The van der Waals surface area contributed by atoms with Crippen LogP contribution in [0.25, 0.3) is 17.1 Å². The van der Waals surface area contributed by atoms with Crippen molar-refractivity contribution in [3.63, 3.8) is 0 Å². The highest BCUT2D eigenvalue weighted by Gasteiger charge is 2.23. The highest BCUT2D eigenvalue weighted by molar-refractivity contribution is 7.99. The second-order valence-corrected chi connectivity index (χ2v) is 8.54. The summed E-state index contributed by atoms with van der Waals surface area (Å²) >= 11 is 7.93. The molecule has 3 heterocycles. The van der Waals surface area contributed by atoms with E-state index in [0.29, 0.717) is 10.9 Å². The number of benzene rings is 1. The lowest BCUT2D eigenvalue weighted by Crippen LogP contribution is -2.03. The molecule has 0 saturated carbocycles. The predicted octanol–water partition coefficient (Wildman–Crippen LogP) is 5.48. The molecule has 0 spiro atoms. The molecule has 0 aliphatic rings. The molecular weight excluding hydrogens is 420 g/mol. The molecule has 0 radical (unpaired) electrons. The van der Waals surface area contributed by atoms with Gasteiger partial charge in [0, 0.05) is 29.4 Å². The average Bonchev–Trinajstić information content (AvgIpc) is 3.38. The molecule has 30 heavy (non-hydrogen) atoms. The fraction of sp³-hybridized carbons (Fsp3) is 0.286. The lowest BCUT2D eigenvalue weighted by atomic mass is 10.2. The summed E-state index contributed by atoms with van der Waals surface area (Å²) in [5, 5.41) is 14.3. The van der Waals surface area contributed by atoms with Crippen LogP contribution in [0, 0.1) is 6.92 Å². The Hall–Kier alpha value is -2.71. The summed E-state index contributed by atoms with van der Waals surface area (Å²) in [7, 11) is 0. The van der Waals surface area contributed by atoms with Crippen LogP contribution in [0.5, 0.6) is 0 Å². The second-order valence-electron chi connectivity index (χ2n) is 6.82. The van der Waals surface area contributed by atoms with Gasteiger partial charge in [0.1, 0.15) is 0 Å². The zero-order valence-corrected chi connectivity index (χ0v) is 18.5. The number of aromatic nitrogens is 6. The monoisotopic (exact) mass is 440 g/mol. The van der Waals surface area contributed by atoms with E-state index in [1.54, 1.807) is 12.4 Å². The van der Waals surface area contributed by atoms with Gasteiger partial charge in [-0.3, -0.25) is 9.55 Å². The van der Waals surface area contributed by atoms with Crippen LogP contribution in [0.4, 0.5) is 0 Å². The van der Waals surface area contributed by atoms with E-state index in [4.69, 9.17) is 16.1 Å². The number of hydrogen-bond donors (Lipinski definition) is 0. The van der Waals surface area contributed by atoms with Crippen molar-refractivity contribution in [2.75, 3.05) is 0 Å². The van der Waals surface area contributed by atoms with Crippen molar-refractivity contribution >= 4 is 23.4 Å². The molecule has 0 saturated heterocycles. The molecule has 9 heteroatoms. The lowest BCUT2D eigenvalue weighted by Gasteiger charge is -2.14. The highest BCUT2D eigenvalue weighted by atomic mass is 35.5. The Morgan fingerprint density at radius 3 is 2.73 bits per heavy atom. The number of rotatable bonds is 7. The van der Waals surface area contributed by atoms with E-state index in [1.165, 1.54) is 11.8 Å². The Morgan fingerprint density at radius 2 is 1.97 bits per heavy atom. The largest absolute Gasteiger partial charge is 0.338 e. The summed E-state index contributed by atoms with van der Waals surface area (Å²) < 4.78 is 7.48. The molecule has 0 bridgehead atoms. The highest BCUT2D eigenvalue weighted by Crippen LogP contribution is 2.37. The third kappa shape index (κ3) is 4.11. The van der Waals surface area contributed by atoms with Gasteiger partial charge in [-0.1, -0.05) is 41.5 Å². The van der Waals surface area contributed by atoms with Crippen molar-refractivity contribution in [3.05, 3.63) is 65.0 Å². The van der Waals surface area contributed by atoms with Crippen LogP contribution in [0.1, 0.15) is 42.8 Å². The summed E-state index contributed by atoms with van der Waals surface area (Å²) in [6, 6.07) is 9.63. The third-order valence-corrected chi connectivity index (χ3v) is 6.08. The van der Waals surface area contributed by atoms with Crippen LogP contribution in [0.2, 0.25) is 5.02 Å². The van der Waals surface area contributed by atoms with Gasteiger partial charge in [0.2, 0.25) is 5.89 Å². The fourth-order valence-corrected chi connectivity index (χ4v) is 4.12. The van der Waals surface area contributed by atoms with Crippen LogP contribution in [0.15, 0.2) is 52.4 Å². The predicted molar refractivity (Wildman–Crippen MR) is 117 cm³/mol. The van der Waals surface area contributed by atoms with Gasteiger partial charge in [0.25, 0.3) is 0 Å². The van der Waals surface area contributed by atoms with E-state index >= 15 is 0 Å². The summed E-state index contributed by atoms with van der Waals surface area (Å²) in [5.74, 6) is 2.02. The zero-order chi connectivity index (χ0) is 21.1. The molecule has 0 fully saturated rings. The molecule has 0 aliphatic carbocycles. The number of nitrogens with zero attached hydrogens (tertiary/aromatic N) is 6. The van der Waals surface area contributed by atoms with Crippen LogP contribution in [0.3, 0.4) is 0 Å². The average molecular weight is 441 g/mol. The number of aryl methyl sites for hydroxylation is 1. The molecule has 4 aromatic rings. The van der Waals surface area contributed by atoms with E-state index in [1.807, 2.05) is 48.7 Å². The summed E-state index contributed by atoms with van der Waals surface area (Å²) in [4.78, 5) is 8.62. The molecule has 4 rings (SSSR count). The van der Waals surface area contributed by atoms with Crippen LogP contribution in [-0.4, -0.2) is 29.9 Å². The maximum Gasteiger partial charge on any atom is 0.239 e. The molecule has 1 aromatic carbocycles. The van der Waals surface area contributed by atoms with Gasteiger partial charge >= 0.3 is 0 Å². The summed E-state index contributed by atoms with van der Waals surface area (Å²) in [5.41, 5.74) is 2.79. The number of hydrogen-bond acceptors (Lipinski definition) is 7. The van der Waals surface area contributed by atoms with Crippen molar-refractivity contribution in [2.45, 2.75) is 44.0 Å². The van der Waals surface area contributed by atoms with E-state index in [9.17, 15) is 0 Å². The van der Waals surface area contributed by atoms with Crippen molar-refractivity contribution in [3.8, 4) is 17.1 Å². The minimum atomic E-state index is -0.0872. The van der Waals surface area contributed by atoms with E-state index in [-0.39, 0.29) is 5.25 Å². The lowest BCUT2D eigenvalue weighted by molar-refractivity contribution is 0.374. The minimum Gasteiger partial charge on any atom is -0.338 e. The maximum absolute atomic E-state index is 6.41. The third-order valence-electron chi connectivity index (χ3n) is 4.64. The summed E-state index contributed by atoms with van der Waals surface area (Å²) in [6.07, 6.45) is 5.24. The molecular formula is C21H21ClN6OS. The maximum atomic E-state index is 6.41. The molecule has 1 unspecified atom stereocenters. The van der Waals surface area contributed by atoms with Crippen LogP contribution in [-0.2, 0) is 6.42 Å². The first-order valence-corrected chi connectivity index (χ1v) is 10.9. The van der Waals surface area contributed by atoms with Crippen molar-refractivity contribution < 1.29 is 4.52 Å². The Bertz CT molecular complexity index is 1140. The van der Waals surface area contributed by atoms with Crippen molar-refractivity contribution in [1.29, 1.82) is 0 Å². The normalized spacial score (nSPS) is 12.3. The fourth-order valence-electron chi connectivity index (χ4n) is 3.06. The van der Waals surface area contributed by atoms with Gasteiger partial charge in [0.15, 0.2) is 16.8 Å². The number of pyridine rings is 1. The Morgan fingerprint density at radius 1 is 1.17 bits per heavy atom. The van der Waals surface area contributed by atoms with Gasteiger partial charge in [-0.25, -0.2) is 0 Å². The zero-order valence-electron chi connectivity index (χ0n) is 16.9. The van der Waals surface area contributed by atoms with Crippen molar-refractivity contribution in [1.82, 2.24) is 29.9 Å². The van der Waals surface area contributed by atoms with Gasteiger partial charge in [-0.05, 0) is 50.1 Å². The number of halogens is 1. The van der Waals surface area contributed by atoms with Crippen molar-refractivity contribution in [2.24, 2.45) is 0 Å². The molecule has 0 amide bonds. The van der Waals surface area contributed by atoms with Gasteiger partial charge < -0.3 is 4.52 Å². The molecule has 1 atom stereocenters. The Balaban J connectivity index is 1.76. The van der Waals surface area contributed by atoms with Crippen LogP contribution < -0.4 is 0 Å². The first-order chi connectivity index (χ1) is 14.6. The standard InChI is InChI=1S/C21H21ClN6OS/c1-4-6-18-24-20(29-27-18)14(3)30-21-26-25-19(15-9-11-23-12-10-15)28(21)17-8-5-7-16(22)13(17)2/h5,7-12,14H,4,6H2,1-3H3. The van der Waals surface area contributed by atoms with E-state index < -0.39 is 0 Å². The Kier molecular flexibility index (Phi) is 6.15. The molecule has 0 aliphatic heterocycles. The van der Waals surface area contributed by atoms with Gasteiger partial charge in [-0.2, -0.15) is 4.98 Å². The van der Waals surface area contributed by atoms with Gasteiger partial charge in [0.05, 0.1) is 10.9 Å². The Labute approximate surface area is 183 Å². The topological polar surface area (TPSA) is 82.5 Å². The number of thioether (sulfide) groups is 1. The summed E-state index contributed by atoms with van der Waals surface area (Å²) in [6.45, 7) is 6.09. The SMILES string of the molecule is CCCc1noc(C(C)Sc2nnc(-c3ccncc3)n2-c2cccc(Cl)c2C)n1. The molecule has 0 N–H and O–H groups in total. The quantitative estimate of drug-likeness (QED) is 0.352. The van der Waals surface area contributed by atoms with Gasteiger partial charge in [-0.15, -0.1) is 10.2 Å². The van der Waals surface area contributed by atoms with Crippen LogP contribution >= 0.6 is 23.4 Å². The molecule has 3 aromatic heterocycles. The molecule has 7 nitrogen and oxygen atoms in total. The first kappa shape index (κ1) is 20.6. The van der Waals surface area contributed by atoms with E-state index in [2.05, 4.69) is 32.2 Å². The smallest absolute Gasteiger partial charge is 0.239 e. The second kappa shape index (κ2) is 8.97. The minimum absolute atomic E-state index is 0.0872. The first-order valence-electron chi connectivity index (χ1n) is 9.69. The van der Waals surface area contributed by atoms with E-state index in [0.717, 1.165) is 46.5 Å². The molecule has 154 valence electrons.